The summed E-state index contributed by atoms with van der Waals surface area (Å²) in [5, 5.41) is 0. The summed E-state index contributed by atoms with van der Waals surface area (Å²) in [5.74, 6) is 1.37. The monoisotopic (exact) mass is 320 g/mol. The van der Waals surface area contributed by atoms with Gasteiger partial charge in [-0.15, -0.1) is 12.4 Å². The lowest BCUT2D eigenvalue weighted by atomic mass is 9.78. The molecule has 0 radical (unpaired) electrons. The number of amides is 1. The molecule has 1 aromatic rings. The first-order valence-electron chi connectivity index (χ1n) is 8.39. The van der Waals surface area contributed by atoms with Crippen molar-refractivity contribution in [1.29, 1.82) is 0 Å². The number of aryl methyl sites for hydroxylation is 2. The van der Waals surface area contributed by atoms with Gasteiger partial charge >= 0.3 is 0 Å². The number of hydrogen-bond donors (Lipinski definition) is 1. The lowest BCUT2D eigenvalue weighted by Gasteiger charge is -2.29. The number of benzene rings is 1. The van der Waals surface area contributed by atoms with E-state index in [0.29, 0.717) is 17.9 Å². The molecule has 3 atom stereocenters. The fourth-order valence-electron chi connectivity index (χ4n) is 4.57. The summed E-state index contributed by atoms with van der Waals surface area (Å²) >= 11 is 0. The predicted octanol–water partition coefficient (Wildman–Crippen LogP) is 2.80. The average Bonchev–Trinajstić information content (AvgIpc) is 3.12. The number of halogens is 1. The third-order valence-corrected chi connectivity index (χ3v) is 5.79. The zero-order valence-corrected chi connectivity index (χ0v) is 13.8. The Kier molecular flexibility index (Phi) is 4.47. The minimum Gasteiger partial charge on any atom is -0.338 e. The minimum absolute atomic E-state index is 0. The number of fused-ring (bicyclic) bond motifs is 2. The van der Waals surface area contributed by atoms with Crippen LogP contribution >= 0.6 is 12.4 Å². The molecule has 1 amide bonds. The van der Waals surface area contributed by atoms with Crippen LogP contribution in [0.2, 0.25) is 0 Å². The molecule has 1 aliphatic heterocycles. The Morgan fingerprint density at radius 1 is 1.09 bits per heavy atom. The fraction of sp³-hybridized carbons (Fsp3) is 0.611. The first-order valence-corrected chi connectivity index (χ1v) is 8.39. The first-order chi connectivity index (χ1) is 10.2. The average molecular weight is 321 g/mol. The van der Waals surface area contributed by atoms with Gasteiger partial charge in [-0.1, -0.05) is 12.5 Å². The highest BCUT2D eigenvalue weighted by Gasteiger charge is 2.40. The van der Waals surface area contributed by atoms with E-state index in [1.54, 1.807) is 0 Å². The zero-order valence-electron chi connectivity index (χ0n) is 13.0. The Labute approximate surface area is 138 Å². The van der Waals surface area contributed by atoms with E-state index in [1.807, 2.05) is 6.07 Å². The van der Waals surface area contributed by atoms with Crippen LogP contribution in [0.4, 0.5) is 0 Å². The van der Waals surface area contributed by atoms with Gasteiger partial charge in [0.25, 0.3) is 5.91 Å². The van der Waals surface area contributed by atoms with E-state index >= 15 is 0 Å². The summed E-state index contributed by atoms with van der Waals surface area (Å²) in [6.45, 7) is 1.77. The second kappa shape index (κ2) is 6.21. The number of nitrogens with zero attached hydrogens (tertiary/aromatic N) is 1. The largest absolute Gasteiger partial charge is 0.338 e. The molecule has 3 aliphatic rings. The number of hydrogen-bond acceptors (Lipinski definition) is 2. The molecule has 3 unspecified atom stereocenters. The first kappa shape index (κ1) is 15.8. The predicted molar refractivity (Wildman–Crippen MR) is 90.4 cm³/mol. The van der Waals surface area contributed by atoms with Crippen molar-refractivity contribution in [2.45, 2.75) is 44.6 Å². The summed E-state index contributed by atoms with van der Waals surface area (Å²) in [6.07, 6.45) is 7.13. The molecule has 0 spiro atoms. The van der Waals surface area contributed by atoms with Crippen molar-refractivity contribution in [1.82, 2.24) is 4.90 Å². The van der Waals surface area contributed by atoms with Crippen LogP contribution in [0.25, 0.3) is 0 Å². The number of carbonyl (C=O) groups is 1. The molecule has 0 aromatic heterocycles. The molecule has 1 aromatic carbocycles. The Bertz CT molecular complexity index is 574. The van der Waals surface area contributed by atoms with Crippen LogP contribution in [0.5, 0.6) is 0 Å². The van der Waals surface area contributed by atoms with Gasteiger partial charge in [0.2, 0.25) is 0 Å². The summed E-state index contributed by atoms with van der Waals surface area (Å²) < 4.78 is 0. The molecule has 4 heteroatoms. The van der Waals surface area contributed by atoms with E-state index in [2.05, 4.69) is 17.0 Å². The molecule has 2 aliphatic carbocycles. The third-order valence-electron chi connectivity index (χ3n) is 5.79. The van der Waals surface area contributed by atoms with E-state index < -0.39 is 0 Å². The van der Waals surface area contributed by atoms with E-state index in [-0.39, 0.29) is 18.3 Å². The molecule has 3 nitrogen and oxygen atoms in total. The highest BCUT2D eigenvalue weighted by molar-refractivity contribution is 5.94. The van der Waals surface area contributed by atoms with Crippen molar-refractivity contribution in [3.8, 4) is 0 Å². The molecule has 120 valence electrons. The smallest absolute Gasteiger partial charge is 0.253 e. The number of likely N-dealkylation sites (tertiary alicyclic amines) is 1. The lowest BCUT2D eigenvalue weighted by Crippen LogP contribution is -2.38. The lowest BCUT2D eigenvalue weighted by molar-refractivity contribution is 0.0783. The van der Waals surface area contributed by atoms with Crippen molar-refractivity contribution in [3.63, 3.8) is 0 Å². The number of carbonyl (C=O) groups excluding carboxylic acids is 1. The van der Waals surface area contributed by atoms with Crippen LogP contribution in [-0.4, -0.2) is 29.9 Å². The topological polar surface area (TPSA) is 46.3 Å². The highest BCUT2D eigenvalue weighted by Crippen LogP contribution is 2.36. The van der Waals surface area contributed by atoms with E-state index in [4.69, 9.17) is 5.73 Å². The van der Waals surface area contributed by atoms with Gasteiger partial charge in [0, 0.05) is 24.7 Å². The van der Waals surface area contributed by atoms with Crippen LogP contribution < -0.4 is 5.73 Å². The van der Waals surface area contributed by atoms with Crippen molar-refractivity contribution >= 4 is 18.3 Å². The van der Waals surface area contributed by atoms with Gasteiger partial charge in [-0.3, -0.25) is 4.79 Å². The molecule has 22 heavy (non-hydrogen) atoms. The summed E-state index contributed by atoms with van der Waals surface area (Å²) in [5.41, 5.74) is 9.95. The molecule has 2 N–H and O–H groups in total. The zero-order chi connectivity index (χ0) is 14.4. The van der Waals surface area contributed by atoms with Gasteiger partial charge in [0.05, 0.1) is 0 Å². The summed E-state index contributed by atoms with van der Waals surface area (Å²) in [6, 6.07) is 6.60. The van der Waals surface area contributed by atoms with Gasteiger partial charge in [-0.05, 0) is 67.2 Å². The summed E-state index contributed by atoms with van der Waals surface area (Å²) in [4.78, 5) is 14.8. The van der Waals surface area contributed by atoms with Crippen molar-refractivity contribution < 1.29 is 4.79 Å². The Balaban J connectivity index is 0.00000144. The SMILES string of the molecule is Cl.NC1CCCC2CN(C(=O)c3ccc4c(c3)CCC4)CC12. The van der Waals surface area contributed by atoms with Crippen molar-refractivity contribution in [2.75, 3.05) is 13.1 Å². The van der Waals surface area contributed by atoms with Gasteiger partial charge < -0.3 is 10.6 Å². The molecule has 0 bridgehead atoms. The molecule has 1 heterocycles. The van der Waals surface area contributed by atoms with E-state index in [0.717, 1.165) is 31.5 Å². The van der Waals surface area contributed by atoms with E-state index in [9.17, 15) is 4.79 Å². The maximum absolute atomic E-state index is 12.8. The maximum Gasteiger partial charge on any atom is 0.253 e. The minimum atomic E-state index is 0. The molecule has 1 saturated heterocycles. The highest BCUT2D eigenvalue weighted by atomic mass is 35.5. The second-order valence-electron chi connectivity index (χ2n) is 7.07. The van der Waals surface area contributed by atoms with Gasteiger partial charge in [-0.2, -0.15) is 0 Å². The van der Waals surface area contributed by atoms with Crippen LogP contribution in [0.15, 0.2) is 18.2 Å². The van der Waals surface area contributed by atoms with E-state index in [1.165, 1.54) is 36.8 Å². The van der Waals surface area contributed by atoms with Crippen LogP contribution in [0.1, 0.15) is 47.2 Å². The Hall–Kier alpha value is -1.06. The standard InChI is InChI=1S/C18H24N2O.ClH/c19-17-6-2-5-15-10-20(11-16(15)17)18(21)14-8-7-12-3-1-4-13(12)9-14;/h7-9,15-17H,1-6,10-11,19H2;1H. The number of nitrogens with two attached hydrogens (primary N) is 1. The van der Waals surface area contributed by atoms with Gasteiger partial charge in [0.15, 0.2) is 0 Å². The maximum atomic E-state index is 12.8. The Morgan fingerprint density at radius 3 is 2.73 bits per heavy atom. The quantitative estimate of drug-likeness (QED) is 0.865. The molecule has 4 rings (SSSR count). The van der Waals surface area contributed by atoms with Crippen LogP contribution in [0.3, 0.4) is 0 Å². The third kappa shape index (κ3) is 2.65. The van der Waals surface area contributed by atoms with Crippen molar-refractivity contribution in [2.24, 2.45) is 17.6 Å². The fourth-order valence-corrected chi connectivity index (χ4v) is 4.57. The second-order valence-corrected chi connectivity index (χ2v) is 7.07. The normalized spacial score (nSPS) is 29.7. The number of rotatable bonds is 1. The van der Waals surface area contributed by atoms with Crippen LogP contribution in [-0.2, 0) is 12.8 Å². The molecular formula is C18H25ClN2O. The molecular weight excluding hydrogens is 296 g/mol. The van der Waals surface area contributed by atoms with Gasteiger partial charge in [-0.25, -0.2) is 0 Å². The summed E-state index contributed by atoms with van der Waals surface area (Å²) in [7, 11) is 0. The Morgan fingerprint density at radius 2 is 1.91 bits per heavy atom. The van der Waals surface area contributed by atoms with Crippen LogP contribution in [0, 0.1) is 11.8 Å². The molecule has 2 fully saturated rings. The van der Waals surface area contributed by atoms with Gasteiger partial charge in [0.1, 0.15) is 0 Å². The molecule has 1 saturated carbocycles. The van der Waals surface area contributed by atoms with Crippen molar-refractivity contribution in [3.05, 3.63) is 34.9 Å².